The Morgan fingerprint density at radius 2 is 2.07 bits per heavy atom. The van der Waals surface area contributed by atoms with E-state index in [1.54, 1.807) is 44.4 Å². The summed E-state index contributed by atoms with van der Waals surface area (Å²) < 4.78 is 4.99. The molecule has 0 heterocycles. The molecule has 1 aromatic rings. The molecule has 0 bridgehead atoms. The van der Waals surface area contributed by atoms with Crippen molar-refractivity contribution < 1.29 is 9.66 Å². The van der Waals surface area contributed by atoms with E-state index in [0.717, 1.165) is 11.3 Å². The van der Waals surface area contributed by atoms with Gasteiger partial charge < -0.3 is 4.74 Å². The van der Waals surface area contributed by atoms with Gasteiger partial charge in [0.2, 0.25) is 5.70 Å². The number of methoxy groups -OCH3 is 1. The fourth-order valence-electron chi connectivity index (χ4n) is 1.18. The topological polar surface area (TPSA) is 52.4 Å². The zero-order chi connectivity index (χ0) is 11.3. The Bertz CT molecular complexity index is 368. The molecule has 15 heavy (non-hydrogen) atoms. The molecule has 0 aromatic heterocycles. The highest BCUT2D eigenvalue weighted by Crippen LogP contribution is 2.15. The predicted molar refractivity (Wildman–Crippen MR) is 58.3 cm³/mol. The highest BCUT2D eigenvalue weighted by molar-refractivity contribution is 5.52. The van der Waals surface area contributed by atoms with Crippen molar-refractivity contribution in [2.75, 3.05) is 7.11 Å². The van der Waals surface area contributed by atoms with Gasteiger partial charge in [-0.05, 0) is 17.7 Å². The molecule has 0 saturated carbocycles. The average Bonchev–Trinajstić information content (AvgIpc) is 2.26. The molecule has 0 unspecified atom stereocenters. The normalized spacial score (nSPS) is 11.2. The molecule has 0 N–H and O–H groups in total. The Hall–Kier alpha value is -1.84. The van der Waals surface area contributed by atoms with Crippen molar-refractivity contribution in [2.24, 2.45) is 0 Å². The Kier molecular flexibility index (Phi) is 3.85. The maximum Gasteiger partial charge on any atom is 0.246 e. The Balaban J connectivity index is 2.92. The van der Waals surface area contributed by atoms with Crippen LogP contribution in [0.15, 0.2) is 30.0 Å². The number of hydrogen-bond acceptors (Lipinski definition) is 3. The van der Waals surface area contributed by atoms with E-state index >= 15 is 0 Å². The van der Waals surface area contributed by atoms with Gasteiger partial charge in [0.25, 0.3) is 0 Å². The van der Waals surface area contributed by atoms with Crippen LogP contribution in [0.3, 0.4) is 0 Å². The summed E-state index contributed by atoms with van der Waals surface area (Å²) in [5.74, 6) is 0.742. The third-order valence-electron chi connectivity index (χ3n) is 2.05. The van der Waals surface area contributed by atoms with E-state index in [0.29, 0.717) is 6.42 Å². The minimum atomic E-state index is -0.357. The smallest absolute Gasteiger partial charge is 0.246 e. The summed E-state index contributed by atoms with van der Waals surface area (Å²) in [5, 5.41) is 10.6. The largest absolute Gasteiger partial charge is 0.497 e. The summed E-state index contributed by atoms with van der Waals surface area (Å²) in [5.41, 5.74) is 1.02. The Labute approximate surface area is 88.3 Å². The van der Waals surface area contributed by atoms with Gasteiger partial charge in [0, 0.05) is 12.5 Å². The van der Waals surface area contributed by atoms with Gasteiger partial charge >= 0.3 is 0 Å². The minimum Gasteiger partial charge on any atom is -0.497 e. The molecule has 1 rings (SSSR count). The third kappa shape index (κ3) is 3.09. The summed E-state index contributed by atoms with van der Waals surface area (Å²) >= 11 is 0. The van der Waals surface area contributed by atoms with Crippen molar-refractivity contribution >= 4 is 6.08 Å². The zero-order valence-corrected chi connectivity index (χ0v) is 8.77. The van der Waals surface area contributed by atoms with Crippen LogP contribution in [0.5, 0.6) is 5.75 Å². The SMILES string of the molecule is CCC(=Cc1ccc(OC)cc1)[N+](=O)[O-]. The van der Waals surface area contributed by atoms with Crippen LogP contribution in [0.4, 0.5) is 0 Å². The summed E-state index contributed by atoms with van der Waals surface area (Å²) in [7, 11) is 1.58. The standard InChI is InChI=1S/C11H13NO3/c1-3-10(12(13)14)8-9-4-6-11(15-2)7-5-9/h4-8H,3H2,1-2H3. The fraction of sp³-hybridized carbons (Fsp3) is 0.273. The number of benzene rings is 1. The maximum absolute atomic E-state index is 10.6. The summed E-state index contributed by atoms with van der Waals surface area (Å²) in [4.78, 5) is 10.2. The van der Waals surface area contributed by atoms with Crippen LogP contribution in [0.1, 0.15) is 18.9 Å². The summed E-state index contributed by atoms with van der Waals surface area (Å²) in [6, 6.07) is 7.13. The number of nitrogens with zero attached hydrogens (tertiary/aromatic N) is 1. The summed E-state index contributed by atoms with van der Waals surface area (Å²) in [6.07, 6.45) is 1.98. The minimum absolute atomic E-state index is 0.208. The second-order valence-corrected chi connectivity index (χ2v) is 3.02. The molecular formula is C11H13NO3. The maximum atomic E-state index is 10.6. The summed E-state index contributed by atoms with van der Waals surface area (Å²) in [6.45, 7) is 1.76. The van der Waals surface area contributed by atoms with Gasteiger partial charge in [-0.2, -0.15) is 0 Å². The number of hydrogen-bond donors (Lipinski definition) is 0. The lowest BCUT2D eigenvalue weighted by Gasteiger charge is -1.99. The number of allylic oxidation sites excluding steroid dienone is 1. The molecule has 0 aliphatic carbocycles. The number of nitro groups is 1. The first-order valence-electron chi connectivity index (χ1n) is 4.66. The van der Waals surface area contributed by atoms with Gasteiger partial charge in [-0.25, -0.2) is 0 Å². The lowest BCUT2D eigenvalue weighted by molar-refractivity contribution is -0.425. The van der Waals surface area contributed by atoms with Crippen molar-refractivity contribution in [1.29, 1.82) is 0 Å². The molecule has 4 heteroatoms. The van der Waals surface area contributed by atoms with Crippen LogP contribution in [-0.2, 0) is 0 Å². The molecule has 0 saturated heterocycles. The fourth-order valence-corrected chi connectivity index (χ4v) is 1.18. The van der Waals surface area contributed by atoms with E-state index in [-0.39, 0.29) is 10.6 Å². The van der Waals surface area contributed by atoms with Gasteiger partial charge in [0.1, 0.15) is 5.75 Å². The predicted octanol–water partition coefficient (Wildman–Crippen LogP) is 2.72. The van der Waals surface area contributed by atoms with Crippen LogP contribution in [0.25, 0.3) is 6.08 Å². The first kappa shape index (κ1) is 11.2. The van der Waals surface area contributed by atoms with Crippen LogP contribution >= 0.6 is 0 Å². The van der Waals surface area contributed by atoms with E-state index in [2.05, 4.69) is 0 Å². The van der Waals surface area contributed by atoms with Crippen molar-refractivity contribution in [3.05, 3.63) is 45.6 Å². The van der Waals surface area contributed by atoms with E-state index in [9.17, 15) is 10.1 Å². The van der Waals surface area contributed by atoms with E-state index < -0.39 is 0 Å². The first-order valence-corrected chi connectivity index (χ1v) is 4.66. The van der Waals surface area contributed by atoms with Gasteiger partial charge in [-0.15, -0.1) is 0 Å². The molecule has 0 aliphatic heterocycles. The van der Waals surface area contributed by atoms with Crippen molar-refractivity contribution in [2.45, 2.75) is 13.3 Å². The quantitative estimate of drug-likeness (QED) is 0.563. The molecule has 4 nitrogen and oxygen atoms in total. The van der Waals surface area contributed by atoms with Crippen molar-refractivity contribution in [3.63, 3.8) is 0 Å². The van der Waals surface area contributed by atoms with E-state index in [4.69, 9.17) is 4.74 Å². The third-order valence-corrected chi connectivity index (χ3v) is 2.05. The number of ether oxygens (including phenoxy) is 1. The zero-order valence-electron chi connectivity index (χ0n) is 8.77. The molecule has 0 aliphatic rings. The van der Waals surface area contributed by atoms with E-state index in [1.165, 1.54) is 0 Å². The average molecular weight is 207 g/mol. The lowest BCUT2D eigenvalue weighted by Crippen LogP contribution is -1.96. The van der Waals surface area contributed by atoms with Crippen LogP contribution in [0, 0.1) is 10.1 Å². The first-order chi connectivity index (χ1) is 7.17. The van der Waals surface area contributed by atoms with Gasteiger partial charge in [0.05, 0.1) is 12.0 Å². The van der Waals surface area contributed by atoms with Crippen LogP contribution < -0.4 is 4.74 Å². The van der Waals surface area contributed by atoms with Crippen molar-refractivity contribution in [1.82, 2.24) is 0 Å². The van der Waals surface area contributed by atoms with Crippen LogP contribution in [0.2, 0.25) is 0 Å². The molecule has 0 amide bonds. The molecular weight excluding hydrogens is 194 g/mol. The van der Waals surface area contributed by atoms with Gasteiger partial charge in [-0.3, -0.25) is 10.1 Å². The Morgan fingerprint density at radius 3 is 2.47 bits per heavy atom. The van der Waals surface area contributed by atoms with Gasteiger partial charge in [-0.1, -0.05) is 19.1 Å². The molecule has 0 fully saturated rings. The monoisotopic (exact) mass is 207 g/mol. The highest BCUT2D eigenvalue weighted by Gasteiger charge is 2.06. The second-order valence-electron chi connectivity index (χ2n) is 3.02. The van der Waals surface area contributed by atoms with Crippen LogP contribution in [-0.4, -0.2) is 12.0 Å². The molecule has 0 atom stereocenters. The molecule has 1 aromatic carbocycles. The Morgan fingerprint density at radius 1 is 1.47 bits per heavy atom. The molecule has 0 radical (unpaired) electrons. The molecule has 0 spiro atoms. The lowest BCUT2D eigenvalue weighted by atomic mass is 10.1. The molecule has 80 valence electrons. The second kappa shape index (κ2) is 5.14. The highest BCUT2D eigenvalue weighted by atomic mass is 16.6. The van der Waals surface area contributed by atoms with Crippen molar-refractivity contribution in [3.8, 4) is 5.75 Å². The van der Waals surface area contributed by atoms with E-state index in [1.807, 2.05) is 0 Å². The number of rotatable bonds is 4. The van der Waals surface area contributed by atoms with Gasteiger partial charge in [0.15, 0.2) is 0 Å².